The topological polar surface area (TPSA) is 50.7 Å². The SMILES string of the molecule is O=C(COc1ccccc1)N/N=C\c1ccccc1. The van der Waals surface area contributed by atoms with Crippen molar-refractivity contribution < 1.29 is 9.53 Å². The van der Waals surface area contributed by atoms with E-state index in [0.29, 0.717) is 5.75 Å². The molecule has 0 saturated heterocycles. The Kier molecular flexibility index (Phi) is 4.70. The van der Waals surface area contributed by atoms with Gasteiger partial charge in [0, 0.05) is 0 Å². The summed E-state index contributed by atoms with van der Waals surface area (Å²) in [5.41, 5.74) is 3.33. The largest absolute Gasteiger partial charge is 0.484 e. The molecule has 0 atom stereocenters. The molecule has 0 bridgehead atoms. The van der Waals surface area contributed by atoms with Crippen LogP contribution in [-0.2, 0) is 4.79 Å². The van der Waals surface area contributed by atoms with Gasteiger partial charge in [-0.15, -0.1) is 0 Å². The maximum absolute atomic E-state index is 11.5. The fourth-order valence-corrected chi connectivity index (χ4v) is 1.42. The molecule has 0 aliphatic heterocycles. The van der Waals surface area contributed by atoms with Crippen molar-refractivity contribution in [3.8, 4) is 5.75 Å². The smallest absolute Gasteiger partial charge is 0.277 e. The van der Waals surface area contributed by atoms with Crippen molar-refractivity contribution >= 4 is 12.1 Å². The highest BCUT2D eigenvalue weighted by atomic mass is 16.5. The van der Waals surface area contributed by atoms with Gasteiger partial charge in [0.15, 0.2) is 6.61 Å². The maximum atomic E-state index is 11.5. The molecule has 1 N–H and O–H groups in total. The van der Waals surface area contributed by atoms with Crippen LogP contribution in [0.4, 0.5) is 0 Å². The summed E-state index contributed by atoms with van der Waals surface area (Å²) in [5, 5.41) is 3.85. The standard InChI is InChI=1S/C15H14N2O2/c18-15(12-19-14-9-5-2-6-10-14)17-16-11-13-7-3-1-4-8-13/h1-11H,12H2,(H,17,18)/b16-11-. The zero-order valence-electron chi connectivity index (χ0n) is 10.3. The molecule has 2 aromatic rings. The Labute approximate surface area is 111 Å². The van der Waals surface area contributed by atoms with Crippen molar-refractivity contribution in [3.05, 3.63) is 66.2 Å². The Morgan fingerprint density at radius 1 is 1.05 bits per heavy atom. The monoisotopic (exact) mass is 254 g/mol. The average Bonchev–Trinajstić information content (AvgIpc) is 2.47. The van der Waals surface area contributed by atoms with Crippen LogP contribution >= 0.6 is 0 Å². The normalized spacial score (nSPS) is 10.3. The summed E-state index contributed by atoms with van der Waals surface area (Å²) in [6, 6.07) is 18.7. The number of ether oxygens (including phenoxy) is 1. The summed E-state index contributed by atoms with van der Waals surface area (Å²) >= 11 is 0. The van der Waals surface area contributed by atoms with E-state index in [9.17, 15) is 4.79 Å². The van der Waals surface area contributed by atoms with Crippen LogP contribution in [0.3, 0.4) is 0 Å². The lowest BCUT2D eigenvalue weighted by molar-refractivity contribution is -0.123. The lowest BCUT2D eigenvalue weighted by atomic mass is 10.2. The molecule has 0 radical (unpaired) electrons. The molecule has 2 rings (SSSR count). The first-order chi connectivity index (χ1) is 9.34. The van der Waals surface area contributed by atoms with E-state index in [1.807, 2.05) is 48.5 Å². The quantitative estimate of drug-likeness (QED) is 0.657. The molecule has 0 spiro atoms. The molecule has 4 nitrogen and oxygen atoms in total. The van der Waals surface area contributed by atoms with Gasteiger partial charge in [-0.3, -0.25) is 4.79 Å². The lowest BCUT2D eigenvalue weighted by Crippen LogP contribution is -2.24. The molecule has 0 aromatic heterocycles. The van der Waals surface area contributed by atoms with Gasteiger partial charge in [0.1, 0.15) is 5.75 Å². The molecule has 1 amide bonds. The number of benzene rings is 2. The van der Waals surface area contributed by atoms with Gasteiger partial charge in [0.2, 0.25) is 0 Å². The highest BCUT2D eigenvalue weighted by Crippen LogP contribution is 2.07. The van der Waals surface area contributed by atoms with E-state index in [-0.39, 0.29) is 12.5 Å². The zero-order valence-corrected chi connectivity index (χ0v) is 10.3. The van der Waals surface area contributed by atoms with Crippen molar-refractivity contribution in [2.24, 2.45) is 5.10 Å². The van der Waals surface area contributed by atoms with E-state index in [1.165, 1.54) is 0 Å². The minimum Gasteiger partial charge on any atom is -0.484 e. The van der Waals surface area contributed by atoms with Crippen LogP contribution in [0.15, 0.2) is 65.8 Å². The third kappa shape index (κ3) is 4.63. The number of hydrogen-bond donors (Lipinski definition) is 1. The highest BCUT2D eigenvalue weighted by molar-refractivity contribution is 5.82. The molecular formula is C15H14N2O2. The van der Waals surface area contributed by atoms with Crippen LogP contribution in [0.5, 0.6) is 5.75 Å². The summed E-state index contributed by atoms with van der Waals surface area (Å²) in [6.07, 6.45) is 1.58. The molecule has 2 aromatic carbocycles. The van der Waals surface area contributed by atoms with Gasteiger partial charge < -0.3 is 4.74 Å². The molecule has 19 heavy (non-hydrogen) atoms. The van der Waals surface area contributed by atoms with Crippen LogP contribution in [-0.4, -0.2) is 18.7 Å². The molecule has 0 fully saturated rings. The van der Waals surface area contributed by atoms with Crippen LogP contribution in [0.2, 0.25) is 0 Å². The maximum Gasteiger partial charge on any atom is 0.277 e. The van der Waals surface area contributed by atoms with E-state index in [4.69, 9.17) is 4.74 Å². The Morgan fingerprint density at radius 3 is 2.37 bits per heavy atom. The van der Waals surface area contributed by atoms with E-state index in [2.05, 4.69) is 10.5 Å². The number of nitrogens with zero attached hydrogens (tertiary/aromatic N) is 1. The second-order valence-electron chi connectivity index (χ2n) is 3.81. The zero-order chi connectivity index (χ0) is 13.3. The first kappa shape index (κ1) is 12.8. The first-order valence-electron chi connectivity index (χ1n) is 5.89. The van der Waals surface area contributed by atoms with Gasteiger partial charge in [0.05, 0.1) is 6.21 Å². The molecule has 0 unspecified atom stereocenters. The van der Waals surface area contributed by atoms with Gasteiger partial charge in [0.25, 0.3) is 5.91 Å². The summed E-state index contributed by atoms with van der Waals surface area (Å²) in [5.74, 6) is 0.362. The summed E-state index contributed by atoms with van der Waals surface area (Å²) < 4.78 is 5.28. The fraction of sp³-hybridized carbons (Fsp3) is 0.0667. The summed E-state index contributed by atoms with van der Waals surface area (Å²) in [6.45, 7) is -0.0594. The number of para-hydroxylation sites is 1. The molecule has 0 aliphatic carbocycles. The third-order valence-corrected chi connectivity index (χ3v) is 2.32. The number of nitrogens with one attached hydrogen (secondary N) is 1. The van der Waals surface area contributed by atoms with Gasteiger partial charge >= 0.3 is 0 Å². The molecule has 0 heterocycles. The lowest BCUT2D eigenvalue weighted by Gasteiger charge is -2.03. The summed E-state index contributed by atoms with van der Waals surface area (Å²) in [7, 11) is 0. The van der Waals surface area contributed by atoms with Crippen LogP contribution < -0.4 is 10.2 Å². The van der Waals surface area contributed by atoms with Gasteiger partial charge in [-0.1, -0.05) is 48.5 Å². The fourth-order valence-electron chi connectivity index (χ4n) is 1.42. The van der Waals surface area contributed by atoms with Crippen molar-refractivity contribution in [3.63, 3.8) is 0 Å². The predicted molar refractivity (Wildman–Crippen MR) is 74.1 cm³/mol. The molecule has 0 aliphatic rings. The van der Waals surface area contributed by atoms with E-state index >= 15 is 0 Å². The van der Waals surface area contributed by atoms with E-state index < -0.39 is 0 Å². The van der Waals surface area contributed by atoms with E-state index in [1.54, 1.807) is 18.3 Å². The first-order valence-corrected chi connectivity index (χ1v) is 5.89. The Balaban J connectivity index is 1.75. The van der Waals surface area contributed by atoms with E-state index in [0.717, 1.165) is 5.56 Å². The van der Waals surface area contributed by atoms with Crippen LogP contribution in [0.1, 0.15) is 5.56 Å². The van der Waals surface area contributed by atoms with Crippen molar-refractivity contribution in [2.45, 2.75) is 0 Å². The molecular weight excluding hydrogens is 240 g/mol. The molecule has 96 valence electrons. The number of carbonyl (C=O) groups excluding carboxylic acids is 1. The Morgan fingerprint density at radius 2 is 1.68 bits per heavy atom. The minimum absolute atomic E-state index is 0.0594. The predicted octanol–water partition coefficient (Wildman–Crippen LogP) is 2.22. The van der Waals surface area contributed by atoms with Crippen molar-refractivity contribution in [1.82, 2.24) is 5.43 Å². The number of amides is 1. The number of rotatable bonds is 5. The third-order valence-electron chi connectivity index (χ3n) is 2.32. The Bertz CT molecular complexity index is 539. The second-order valence-corrected chi connectivity index (χ2v) is 3.81. The molecule has 4 heteroatoms. The van der Waals surface area contributed by atoms with Gasteiger partial charge in [-0.2, -0.15) is 5.10 Å². The highest BCUT2D eigenvalue weighted by Gasteiger charge is 2.00. The van der Waals surface area contributed by atoms with Crippen LogP contribution in [0, 0.1) is 0 Å². The van der Waals surface area contributed by atoms with Crippen LogP contribution in [0.25, 0.3) is 0 Å². The van der Waals surface area contributed by atoms with Crippen molar-refractivity contribution in [1.29, 1.82) is 0 Å². The summed E-state index contributed by atoms with van der Waals surface area (Å²) in [4.78, 5) is 11.5. The van der Waals surface area contributed by atoms with Gasteiger partial charge in [-0.25, -0.2) is 5.43 Å². The van der Waals surface area contributed by atoms with Crippen molar-refractivity contribution in [2.75, 3.05) is 6.61 Å². The average molecular weight is 254 g/mol. The number of hydrogen-bond acceptors (Lipinski definition) is 3. The number of carbonyl (C=O) groups is 1. The molecule has 0 saturated carbocycles. The van der Waals surface area contributed by atoms with Gasteiger partial charge in [-0.05, 0) is 17.7 Å². The number of hydrazone groups is 1. The Hall–Kier alpha value is -2.62. The second kappa shape index (κ2) is 6.96. The minimum atomic E-state index is -0.295.